The maximum absolute atomic E-state index is 13.0. The molecule has 0 saturated heterocycles. The van der Waals surface area contributed by atoms with Gasteiger partial charge in [0.15, 0.2) is 0 Å². The third-order valence-corrected chi connectivity index (χ3v) is 4.46. The van der Waals surface area contributed by atoms with Gasteiger partial charge in [0.2, 0.25) is 0 Å². The Kier molecular flexibility index (Phi) is 6.87. The minimum atomic E-state index is -0.482. The van der Waals surface area contributed by atoms with Gasteiger partial charge < -0.3 is 20.1 Å². The molecule has 0 atom stereocenters. The van der Waals surface area contributed by atoms with Gasteiger partial charge in [-0.1, -0.05) is 41.9 Å². The number of carbonyl (C=O) groups excluding carboxylic acids is 2. The number of amides is 2. The van der Waals surface area contributed by atoms with E-state index in [9.17, 15) is 9.59 Å². The summed E-state index contributed by atoms with van der Waals surface area (Å²) >= 11 is 5.94. The lowest BCUT2D eigenvalue weighted by Crippen LogP contribution is -2.22. The molecule has 30 heavy (non-hydrogen) atoms. The number of hydrogen-bond donors (Lipinski definition) is 2. The SMILES string of the molecule is CNC(=O)c1cnc(Cl)cc1NC(=O)c1cc(OCc2ccccc2)ccc1OC. The van der Waals surface area contributed by atoms with Gasteiger partial charge in [0.25, 0.3) is 11.8 Å². The van der Waals surface area contributed by atoms with Crippen molar-refractivity contribution in [2.75, 3.05) is 19.5 Å². The highest BCUT2D eigenvalue weighted by molar-refractivity contribution is 6.30. The molecular weight excluding hydrogens is 406 g/mol. The fraction of sp³-hybridized carbons (Fsp3) is 0.136. The first-order valence-electron chi connectivity index (χ1n) is 9.05. The fourth-order valence-electron chi connectivity index (χ4n) is 2.73. The molecule has 154 valence electrons. The molecule has 0 aliphatic heterocycles. The van der Waals surface area contributed by atoms with Gasteiger partial charge in [-0.25, -0.2) is 4.98 Å². The minimum absolute atomic E-state index is 0.143. The molecule has 7 nitrogen and oxygen atoms in total. The molecule has 0 spiro atoms. The highest BCUT2D eigenvalue weighted by Crippen LogP contribution is 2.27. The molecule has 0 aliphatic carbocycles. The summed E-state index contributed by atoms with van der Waals surface area (Å²) in [7, 11) is 2.95. The van der Waals surface area contributed by atoms with Crippen molar-refractivity contribution in [3.63, 3.8) is 0 Å². The van der Waals surface area contributed by atoms with E-state index in [1.165, 1.54) is 26.4 Å². The molecule has 2 aromatic carbocycles. The summed E-state index contributed by atoms with van der Waals surface area (Å²) in [5, 5.41) is 5.34. The summed E-state index contributed by atoms with van der Waals surface area (Å²) < 4.78 is 11.1. The summed E-state index contributed by atoms with van der Waals surface area (Å²) in [6.07, 6.45) is 1.30. The number of pyridine rings is 1. The van der Waals surface area contributed by atoms with Crippen LogP contribution in [0.2, 0.25) is 5.15 Å². The first kappa shape index (κ1) is 21.1. The quantitative estimate of drug-likeness (QED) is 0.560. The van der Waals surface area contributed by atoms with Crippen molar-refractivity contribution < 1.29 is 19.1 Å². The molecule has 0 saturated carbocycles. The lowest BCUT2D eigenvalue weighted by Gasteiger charge is -2.14. The van der Waals surface area contributed by atoms with E-state index in [0.29, 0.717) is 18.1 Å². The maximum Gasteiger partial charge on any atom is 0.259 e. The Hall–Kier alpha value is -3.58. The number of carbonyl (C=O) groups is 2. The van der Waals surface area contributed by atoms with Gasteiger partial charge in [-0.15, -0.1) is 0 Å². The van der Waals surface area contributed by atoms with Gasteiger partial charge in [0.05, 0.1) is 23.9 Å². The average Bonchev–Trinajstić information content (AvgIpc) is 2.77. The second-order valence-electron chi connectivity index (χ2n) is 6.22. The van der Waals surface area contributed by atoms with Crippen molar-refractivity contribution in [2.45, 2.75) is 6.61 Å². The van der Waals surface area contributed by atoms with E-state index in [2.05, 4.69) is 15.6 Å². The van der Waals surface area contributed by atoms with Crippen molar-refractivity contribution in [1.82, 2.24) is 10.3 Å². The van der Waals surface area contributed by atoms with Crippen LogP contribution in [0.4, 0.5) is 5.69 Å². The van der Waals surface area contributed by atoms with Crippen molar-refractivity contribution in [3.05, 3.63) is 82.6 Å². The highest BCUT2D eigenvalue weighted by Gasteiger charge is 2.18. The number of nitrogens with one attached hydrogen (secondary N) is 2. The average molecular weight is 426 g/mol. The predicted molar refractivity (Wildman–Crippen MR) is 114 cm³/mol. The minimum Gasteiger partial charge on any atom is -0.496 e. The standard InChI is InChI=1S/C22H20ClN3O4/c1-24-21(27)17-12-25-20(23)11-18(17)26-22(28)16-10-15(8-9-19(16)29-2)30-13-14-6-4-3-5-7-14/h3-12H,13H2,1-2H3,(H,24,27)(H,25,26,28). The first-order valence-corrected chi connectivity index (χ1v) is 9.43. The number of hydrogen-bond acceptors (Lipinski definition) is 5. The topological polar surface area (TPSA) is 89.6 Å². The van der Waals surface area contributed by atoms with Crippen LogP contribution >= 0.6 is 11.6 Å². The Morgan fingerprint density at radius 2 is 1.80 bits per heavy atom. The smallest absolute Gasteiger partial charge is 0.259 e. The van der Waals surface area contributed by atoms with Crippen LogP contribution in [0.1, 0.15) is 26.3 Å². The summed E-state index contributed by atoms with van der Waals surface area (Å²) in [5.74, 6) is -0.0175. The summed E-state index contributed by atoms with van der Waals surface area (Å²) in [6, 6.07) is 16.0. The van der Waals surface area contributed by atoms with Crippen LogP contribution in [0.5, 0.6) is 11.5 Å². The molecule has 0 fully saturated rings. The molecule has 0 radical (unpaired) electrons. The molecule has 1 heterocycles. The van der Waals surface area contributed by atoms with Crippen LogP contribution in [0.15, 0.2) is 60.8 Å². The van der Waals surface area contributed by atoms with Crippen LogP contribution in [-0.4, -0.2) is 31.0 Å². The van der Waals surface area contributed by atoms with Crippen LogP contribution in [-0.2, 0) is 6.61 Å². The fourth-order valence-corrected chi connectivity index (χ4v) is 2.89. The van der Waals surface area contributed by atoms with E-state index in [4.69, 9.17) is 21.1 Å². The molecule has 0 bridgehead atoms. The molecule has 2 N–H and O–H groups in total. The number of benzene rings is 2. The number of nitrogens with zero attached hydrogens (tertiary/aromatic N) is 1. The maximum atomic E-state index is 13.0. The van der Waals surface area contributed by atoms with E-state index >= 15 is 0 Å². The van der Waals surface area contributed by atoms with Gasteiger partial charge in [0, 0.05) is 13.2 Å². The molecular formula is C22H20ClN3O4. The lowest BCUT2D eigenvalue weighted by molar-refractivity contribution is 0.0963. The lowest BCUT2D eigenvalue weighted by atomic mass is 10.1. The predicted octanol–water partition coefficient (Wildman–Crippen LogP) is 3.93. The van der Waals surface area contributed by atoms with Crippen molar-refractivity contribution in [2.24, 2.45) is 0 Å². The Bertz CT molecular complexity index is 1060. The zero-order chi connectivity index (χ0) is 21.5. The number of ether oxygens (including phenoxy) is 2. The van der Waals surface area contributed by atoms with Crippen LogP contribution in [0.25, 0.3) is 0 Å². The number of rotatable bonds is 7. The summed E-state index contributed by atoms with van der Waals surface area (Å²) in [4.78, 5) is 28.9. The van der Waals surface area contributed by atoms with Crippen molar-refractivity contribution >= 4 is 29.1 Å². The Morgan fingerprint density at radius 3 is 2.50 bits per heavy atom. The molecule has 8 heteroatoms. The van der Waals surface area contributed by atoms with Crippen LogP contribution in [0, 0.1) is 0 Å². The second kappa shape index (κ2) is 9.76. The van der Waals surface area contributed by atoms with E-state index < -0.39 is 11.8 Å². The van der Waals surface area contributed by atoms with E-state index in [-0.39, 0.29) is 22.0 Å². The Morgan fingerprint density at radius 1 is 1.03 bits per heavy atom. The van der Waals surface area contributed by atoms with E-state index in [1.54, 1.807) is 18.2 Å². The van der Waals surface area contributed by atoms with Crippen molar-refractivity contribution in [3.8, 4) is 11.5 Å². The molecule has 0 aliphatic rings. The number of anilines is 1. The normalized spacial score (nSPS) is 10.2. The van der Waals surface area contributed by atoms with Gasteiger partial charge in [0.1, 0.15) is 23.3 Å². The molecule has 2 amide bonds. The molecule has 3 aromatic rings. The number of halogens is 1. The third kappa shape index (κ3) is 5.07. The van der Waals surface area contributed by atoms with Crippen molar-refractivity contribution in [1.29, 1.82) is 0 Å². The molecule has 1 aromatic heterocycles. The number of methoxy groups -OCH3 is 1. The summed E-state index contributed by atoms with van der Waals surface area (Å²) in [6.45, 7) is 0.356. The van der Waals surface area contributed by atoms with Crippen LogP contribution < -0.4 is 20.1 Å². The van der Waals surface area contributed by atoms with Crippen LogP contribution in [0.3, 0.4) is 0 Å². The zero-order valence-electron chi connectivity index (χ0n) is 16.4. The van der Waals surface area contributed by atoms with Gasteiger partial charge in [-0.3, -0.25) is 9.59 Å². The largest absolute Gasteiger partial charge is 0.496 e. The number of aromatic nitrogens is 1. The van der Waals surface area contributed by atoms with E-state index in [0.717, 1.165) is 5.56 Å². The van der Waals surface area contributed by atoms with E-state index in [1.807, 2.05) is 30.3 Å². The highest BCUT2D eigenvalue weighted by atomic mass is 35.5. The van der Waals surface area contributed by atoms with Gasteiger partial charge in [-0.05, 0) is 29.8 Å². The zero-order valence-corrected chi connectivity index (χ0v) is 17.2. The Labute approximate surface area is 179 Å². The van der Waals surface area contributed by atoms with Gasteiger partial charge >= 0.3 is 0 Å². The third-order valence-electron chi connectivity index (χ3n) is 4.25. The first-order chi connectivity index (χ1) is 14.5. The summed E-state index contributed by atoms with van der Waals surface area (Å²) in [5.41, 5.74) is 1.67. The second-order valence-corrected chi connectivity index (χ2v) is 6.61. The molecule has 0 unspecified atom stereocenters. The monoisotopic (exact) mass is 425 g/mol. The van der Waals surface area contributed by atoms with Gasteiger partial charge in [-0.2, -0.15) is 0 Å². The molecule has 3 rings (SSSR count). The Balaban J connectivity index is 1.84.